The van der Waals surface area contributed by atoms with E-state index in [0.717, 1.165) is 6.54 Å². The first-order valence-electron chi connectivity index (χ1n) is 5.74. The summed E-state index contributed by atoms with van der Waals surface area (Å²) in [6, 6.07) is 9.01. The molecule has 0 amide bonds. The largest absolute Gasteiger partial charge is 0.306 e. The first kappa shape index (κ1) is 12.8. The van der Waals surface area contributed by atoms with Gasteiger partial charge in [-0.1, -0.05) is 36.8 Å². The quantitative estimate of drug-likeness (QED) is 0.875. The van der Waals surface area contributed by atoms with Crippen molar-refractivity contribution in [3.63, 3.8) is 0 Å². The summed E-state index contributed by atoms with van der Waals surface area (Å²) in [5.41, 5.74) is 3.94. The zero-order valence-electron chi connectivity index (χ0n) is 10.0. The smallest absolute Gasteiger partial charge is 0.0596 e. The lowest BCUT2D eigenvalue weighted by atomic mass is 10.0. The number of halogens is 1. The Morgan fingerprint density at radius 1 is 1.24 bits per heavy atom. The maximum Gasteiger partial charge on any atom is 0.0596 e. The number of aryl methyl sites for hydroxylation is 1. The molecule has 0 saturated heterocycles. The first-order valence-corrected chi connectivity index (χ1v) is 7.47. The van der Waals surface area contributed by atoms with Gasteiger partial charge in [-0.2, -0.15) is 11.3 Å². The maximum atomic E-state index is 3.62. The van der Waals surface area contributed by atoms with Crippen molar-refractivity contribution < 1.29 is 0 Å². The topological polar surface area (TPSA) is 12.0 Å². The van der Waals surface area contributed by atoms with Gasteiger partial charge in [0.05, 0.1) is 6.04 Å². The molecule has 0 fully saturated rings. The van der Waals surface area contributed by atoms with E-state index in [4.69, 9.17) is 0 Å². The molecule has 1 N–H and O–H groups in total. The molecule has 1 atom stereocenters. The lowest BCUT2D eigenvalue weighted by Crippen LogP contribution is -2.21. The third-order valence-corrected chi connectivity index (χ3v) is 4.52. The van der Waals surface area contributed by atoms with Crippen molar-refractivity contribution in [2.24, 2.45) is 0 Å². The van der Waals surface area contributed by atoms with Gasteiger partial charge in [-0.15, -0.1) is 0 Å². The van der Waals surface area contributed by atoms with Crippen LogP contribution in [0.3, 0.4) is 0 Å². The van der Waals surface area contributed by atoms with E-state index in [1.807, 2.05) is 0 Å². The van der Waals surface area contributed by atoms with Gasteiger partial charge in [0.1, 0.15) is 0 Å². The average molecular weight is 310 g/mol. The molecule has 2 rings (SSSR count). The Kier molecular flexibility index (Phi) is 4.37. The molecule has 3 heteroatoms. The minimum absolute atomic E-state index is 0.279. The summed E-state index contributed by atoms with van der Waals surface area (Å²) in [6.07, 6.45) is 0. The van der Waals surface area contributed by atoms with Gasteiger partial charge >= 0.3 is 0 Å². The van der Waals surface area contributed by atoms with Crippen LogP contribution in [-0.4, -0.2) is 6.54 Å². The van der Waals surface area contributed by atoms with Crippen molar-refractivity contribution in [1.29, 1.82) is 0 Å². The van der Waals surface area contributed by atoms with Crippen LogP contribution in [0.4, 0.5) is 0 Å². The SMILES string of the molecule is CCNC(c1ccc(C)cc1)c1cscc1Br. The lowest BCUT2D eigenvalue weighted by Gasteiger charge is -2.18. The van der Waals surface area contributed by atoms with E-state index in [-0.39, 0.29) is 6.04 Å². The maximum absolute atomic E-state index is 3.62. The molecule has 1 nitrogen and oxygen atoms in total. The van der Waals surface area contributed by atoms with E-state index in [1.54, 1.807) is 11.3 Å². The Labute approximate surface area is 115 Å². The van der Waals surface area contributed by atoms with E-state index in [1.165, 1.54) is 21.2 Å². The van der Waals surface area contributed by atoms with E-state index < -0.39 is 0 Å². The van der Waals surface area contributed by atoms with Crippen LogP contribution in [0.1, 0.15) is 29.7 Å². The third-order valence-electron chi connectivity index (χ3n) is 2.77. The van der Waals surface area contributed by atoms with Crippen molar-refractivity contribution in [1.82, 2.24) is 5.32 Å². The fraction of sp³-hybridized carbons (Fsp3) is 0.286. The minimum Gasteiger partial charge on any atom is -0.306 e. The van der Waals surface area contributed by atoms with Gasteiger partial charge in [0, 0.05) is 9.85 Å². The molecule has 0 radical (unpaired) electrons. The molecule has 1 heterocycles. The Morgan fingerprint density at radius 2 is 1.94 bits per heavy atom. The van der Waals surface area contributed by atoms with Crippen LogP contribution < -0.4 is 5.32 Å². The van der Waals surface area contributed by atoms with E-state index >= 15 is 0 Å². The van der Waals surface area contributed by atoms with Gasteiger partial charge in [-0.3, -0.25) is 0 Å². The van der Waals surface area contributed by atoms with Gasteiger partial charge in [0.15, 0.2) is 0 Å². The fourth-order valence-corrected chi connectivity index (χ4v) is 3.42. The Hall–Kier alpha value is -0.640. The van der Waals surface area contributed by atoms with Crippen LogP contribution in [-0.2, 0) is 0 Å². The highest BCUT2D eigenvalue weighted by Crippen LogP contribution is 2.31. The highest BCUT2D eigenvalue weighted by molar-refractivity contribution is 9.10. The second kappa shape index (κ2) is 5.80. The molecule has 1 aromatic carbocycles. The molecule has 0 aliphatic rings. The molecule has 2 aromatic rings. The number of nitrogens with one attached hydrogen (secondary N) is 1. The number of hydrogen-bond acceptors (Lipinski definition) is 2. The first-order chi connectivity index (χ1) is 8.22. The lowest BCUT2D eigenvalue weighted by molar-refractivity contribution is 0.630. The summed E-state index contributed by atoms with van der Waals surface area (Å²) in [4.78, 5) is 0. The number of thiophene rings is 1. The van der Waals surface area contributed by atoms with Crippen molar-refractivity contribution >= 4 is 27.3 Å². The molecular formula is C14H16BrNS. The summed E-state index contributed by atoms with van der Waals surface area (Å²) in [5.74, 6) is 0. The second-order valence-corrected chi connectivity index (χ2v) is 5.67. The average Bonchev–Trinajstić information content (AvgIpc) is 2.74. The summed E-state index contributed by atoms with van der Waals surface area (Å²) in [5, 5.41) is 7.88. The molecular weight excluding hydrogens is 294 g/mol. The predicted octanol–water partition coefficient (Wildman–Crippen LogP) is 4.52. The molecule has 90 valence electrons. The molecule has 0 spiro atoms. The van der Waals surface area contributed by atoms with Gasteiger partial charge in [0.2, 0.25) is 0 Å². The van der Waals surface area contributed by atoms with Gasteiger partial charge in [0.25, 0.3) is 0 Å². The molecule has 17 heavy (non-hydrogen) atoms. The highest BCUT2D eigenvalue weighted by Gasteiger charge is 2.16. The number of rotatable bonds is 4. The third kappa shape index (κ3) is 2.97. The van der Waals surface area contributed by atoms with E-state index in [9.17, 15) is 0 Å². The van der Waals surface area contributed by atoms with Crippen molar-refractivity contribution in [2.45, 2.75) is 19.9 Å². The highest BCUT2D eigenvalue weighted by atomic mass is 79.9. The fourth-order valence-electron chi connectivity index (χ4n) is 1.87. The zero-order valence-corrected chi connectivity index (χ0v) is 12.4. The second-order valence-electron chi connectivity index (χ2n) is 4.08. The molecule has 0 aliphatic heterocycles. The molecule has 1 aromatic heterocycles. The summed E-state index contributed by atoms with van der Waals surface area (Å²) >= 11 is 5.35. The van der Waals surface area contributed by atoms with Crippen molar-refractivity contribution in [2.75, 3.05) is 6.54 Å². The molecule has 0 saturated carbocycles. The monoisotopic (exact) mass is 309 g/mol. The van der Waals surface area contributed by atoms with Crippen molar-refractivity contribution in [3.05, 3.63) is 56.2 Å². The molecule has 0 bridgehead atoms. The van der Waals surface area contributed by atoms with E-state index in [0.29, 0.717) is 0 Å². The van der Waals surface area contributed by atoms with Gasteiger partial charge < -0.3 is 5.32 Å². The summed E-state index contributed by atoms with van der Waals surface area (Å²) in [7, 11) is 0. The Bertz CT molecular complexity index is 475. The molecule has 0 aliphatic carbocycles. The Morgan fingerprint density at radius 3 is 2.47 bits per heavy atom. The van der Waals surface area contributed by atoms with E-state index in [2.05, 4.69) is 70.1 Å². The van der Waals surface area contributed by atoms with Crippen LogP contribution in [0, 0.1) is 6.92 Å². The number of benzene rings is 1. The number of hydrogen-bond donors (Lipinski definition) is 1. The predicted molar refractivity (Wildman–Crippen MR) is 78.7 cm³/mol. The van der Waals surface area contributed by atoms with Gasteiger partial charge in [-0.05, 0) is 45.9 Å². The molecule has 1 unspecified atom stereocenters. The summed E-state index contributed by atoms with van der Waals surface area (Å²) < 4.78 is 1.19. The Balaban J connectivity index is 2.35. The normalized spacial score (nSPS) is 12.6. The van der Waals surface area contributed by atoms with Crippen LogP contribution in [0.25, 0.3) is 0 Å². The van der Waals surface area contributed by atoms with Crippen LogP contribution in [0.2, 0.25) is 0 Å². The zero-order chi connectivity index (χ0) is 12.3. The standard InChI is InChI=1S/C14H16BrNS/c1-3-16-14(12-8-17-9-13(12)15)11-6-4-10(2)5-7-11/h4-9,14,16H,3H2,1-2H3. The summed E-state index contributed by atoms with van der Waals surface area (Å²) in [6.45, 7) is 5.22. The van der Waals surface area contributed by atoms with Crippen molar-refractivity contribution in [3.8, 4) is 0 Å². The van der Waals surface area contributed by atoms with Crippen LogP contribution in [0.5, 0.6) is 0 Å². The van der Waals surface area contributed by atoms with Gasteiger partial charge in [-0.25, -0.2) is 0 Å². The minimum atomic E-state index is 0.279. The van der Waals surface area contributed by atoms with Crippen LogP contribution >= 0.6 is 27.3 Å². The van der Waals surface area contributed by atoms with Crippen LogP contribution in [0.15, 0.2) is 39.5 Å².